The molecule has 0 saturated heterocycles. The van der Waals surface area contributed by atoms with E-state index in [1.54, 1.807) is 6.92 Å². The molecule has 0 aliphatic heterocycles. The molecule has 3 rings (SSSR count). The molecule has 34 heavy (non-hydrogen) atoms. The average Bonchev–Trinajstić information content (AvgIpc) is 3.19. The number of H-pyrrole nitrogens is 1. The molecule has 1 heterocycles. The van der Waals surface area contributed by atoms with E-state index < -0.39 is 5.97 Å². The molecule has 180 valence electrons. The van der Waals surface area contributed by atoms with Gasteiger partial charge < -0.3 is 14.6 Å². The second kappa shape index (κ2) is 11.7. The number of aromatic amines is 1. The van der Waals surface area contributed by atoms with Crippen LogP contribution in [-0.2, 0) is 16.1 Å². The van der Waals surface area contributed by atoms with Gasteiger partial charge in [-0.25, -0.2) is 0 Å². The van der Waals surface area contributed by atoms with Crippen LogP contribution in [0.25, 0.3) is 10.9 Å². The molecule has 0 saturated carbocycles. The van der Waals surface area contributed by atoms with Crippen molar-refractivity contribution < 1.29 is 19.4 Å². The van der Waals surface area contributed by atoms with Crippen molar-refractivity contribution in [3.63, 3.8) is 0 Å². The number of aromatic nitrogens is 2. The standard InChI is InChI=1S/C28H34N2O4/c1-6-7-21(16-28(31)32)20-8-11-23(12-9-20)34-27(14-18(2)3)22-10-13-24-25(15-22)29-30-26(24)17-33-19(4)5/h8-13,15,18-19,21,27H,14,16-17H2,1-5H3,(H,29,30)(H,31,32). The third-order valence-corrected chi connectivity index (χ3v) is 5.53. The monoisotopic (exact) mass is 462 g/mol. The number of nitrogens with one attached hydrogen (secondary N) is 1. The number of aliphatic carboxylic acids is 1. The fourth-order valence-electron chi connectivity index (χ4n) is 3.87. The largest absolute Gasteiger partial charge is 0.486 e. The van der Waals surface area contributed by atoms with Crippen LogP contribution < -0.4 is 4.74 Å². The molecule has 2 atom stereocenters. The Morgan fingerprint density at radius 3 is 2.41 bits per heavy atom. The summed E-state index contributed by atoms with van der Waals surface area (Å²) in [5.74, 6) is 5.79. The second-order valence-corrected chi connectivity index (χ2v) is 9.19. The molecule has 0 spiro atoms. The summed E-state index contributed by atoms with van der Waals surface area (Å²) in [6.45, 7) is 10.6. The first-order valence-electron chi connectivity index (χ1n) is 11.8. The highest BCUT2D eigenvalue weighted by atomic mass is 16.5. The first-order valence-corrected chi connectivity index (χ1v) is 11.8. The Hall–Kier alpha value is -3.30. The minimum Gasteiger partial charge on any atom is -0.486 e. The topological polar surface area (TPSA) is 84.4 Å². The summed E-state index contributed by atoms with van der Waals surface area (Å²) >= 11 is 0. The van der Waals surface area contributed by atoms with Gasteiger partial charge in [-0.1, -0.05) is 44.0 Å². The lowest BCUT2D eigenvalue weighted by atomic mass is 9.96. The van der Waals surface area contributed by atoms with E-state index >= 15 is 0 Å². The van der Waals surface area contributed by atoms with Crippen LogP contribution >= 0.6 is 0 Å². The van der Waals surface area contributed by atoms with E-state index in [1.165, 1.54) is 0 Å². The number of benzene rings is 2. The lowest BCUT2D eigenvalue weighted by Gasteiger charge is -2.22. The van der Waals surface area contributed by atoms with Gasteiger partial charge in [0.2, 0.25) is 0 Å². The number of nitrogens with zero attached hydrogens (tertiary/aromatic N) is 1. The van der Waals surface area contributed by atoms with Crippen molar-refractivity contribution in [1.82, 2.24) is 10.2 Å². The van der Waals surface area contributed by atoms with E-state index in [-0.39, 0.29) is 24.5 Å². The molecule has 0 aliphatic rings. The molecule has 2 N–H and O–H groups in total. The van der Waals surface area contributed by atoms with E-state index in [2.05, 4.69) is 54.1 Å². The number of rotatable bonds is 11. The molecule has 2 unspecified atom stereocenters. The van der Waals surface area contributed by atoms with Crippen molar-refractivity contribution in [3.05, 3.63) is 59.3 Å². The van der Waals surface area contributed by atoms with Crippen molar-refractivity contribution >= 4 is 16.9 Å². The van der Waals surface area contributed by atoms with Crippen LogP contribution in [0.5, 0.6) is 5.75 Å². The first-order chi connectivity index (χ1) is 16.3. The van der Waals surface area contributed by atoms with Gasteiger partial charge in [0, 0.05) is 5.39 Å². The Morgan fingerprint density at radius 1 is 1.09 bits per heavy atom. The zero-order valence-electron chi connectivity index (χ0n) is 20.6. The van der Waals surface area contributed by atoms with Crippen LogP contribution in [0.1, 0.15) is 76.3 Å². The molecule has 0 bridgehead atoms. The average molecular weight is 463 g/mol. The van der Waals surface area contributed by atoms with Gasteiger partial charge in [-0.3, -0.25) is 9.89 Å². The molecule has 0 aliphatic carbocycles. The molecule has 6 heteroatoms. The molecular weight excluding hydrogens is 428 g/mol. The van der Waals surface area contributed by atoms with Gasteiger partial charge in [0.25, 0.3) is 0 Å². The molecular formula is C28H34N2O4. The van der Waals surface area contributed by atoms with Crippen LogP contribution in [0.2, 0.25) is 0 Å². The predicted molar refractivity (Wildman–Crippen MR) is 134 cm³/mol. The lowest BCUT2D eigenvalue weighted by molar-refractivity contribution is -0.137. The lowest BCUT2D eigenvalue weighted by Crippen LogP contribution is -2.11. The minimum absolute atomic E-state index is 0.0229. The highest BCUT2D eigenvalue weighted by molar-refractivity contribution is 5.82. The second-order valence-electron chi connectivity index (χ2n) is 9.19. The molecule has 2 aromatic carbocycles. The molecule has 1 aromatic heterocycles. The Labute approximate surface area is 201 Å². The van der Waals surface area contributed by atoms with E-state index in [0.29, 0.717) is 12.5 Å². The number of hydrogen-bond donors (Lipinski definition) is 2. The van der Waals surface area contributed by atoms with Crippen LogP contribution in [-0.4, -0.2) is 27.4 Å². The van der Waals surface area contributed by atoms with Gasteiger partial charge >= 0.3 is 5.97 Å². The zero-order chi connectivity index (χ0) is 24.7. The maximum absolute atomic E-state index is 11.2. The van der Waals surface area contributed by atoms with E-state index in [1.807, 2.05) is 38.1 Å². The molecule has 0 amide bonds. The Kier molecular flexibility index (Phi) is 8.72. The third-order valence-electron chi connectivity index (χ3n) is 5.53. The predicted octanol–water partition coefficient (Wildman–Crippen LogP) is 6.24. The maximum atomic E-state index is 11.2. The summed E-state index contributed by atoms with van der Waals surface area (Å²) < 4.78 is 12.1. The fraction of sp³-hybridized carbons (Fsp3) is 0.429. The van der Waals surface area contributed by atoms with Gasteiger partial charge in [0.15, 0.2) is 0 Å². The molecule has 0 fully saturated rings. The van der Waals surface area contributed by atoms with Gasteiger partial charge in [0.1, 0.15) is 11.9 Å². The maximum Gasteiger partial charge on any atom is 0.304 e. The van der Waals surface area contributed by atoms with Crippen molar-refractivity contribution in [3.8, 4) is 17.6 Å². The van der Waals surface area contributed by atoms with Crippen LogP contribution in [0.3, 0.4) is 0 Å². The van der Waals surface area contributed by atoms with Crippen molar-refractivity contribution in [2.24, 2.45) is 5.92 Å². The van der Waals surface area contributed by atoms with Gasteiger partial charge in [-0.2, -0.15) is 5.10 Å². The number of carbonyl (C=O) groups is 1. The Balaban J connectivity index is 1.81. The number of carboxylic acids is 1. The summed E-state index contributed by atoms with van der Waals surface area (Å²) in [7, 11) is 0. The van der Waals surface area contributed by atoms with E-state index in [9.17, 15) is 9.90 Å². The molecule has 6 nitrogen and oxygen atoms in total. The summed E-state index contributed by atoms with van der Waals surface area (Å²) in [4.78, 5) is 11.2. The zero-order valence-corrected chi connectivity index (χ0v) is 20.6. The SMILES string of the molecule is CC#CC(CC(=O)O)c1ccc(OC(CC(C)C)c2ccc3c(COC(C)C)[nH]nc3c2)cc1. The number of carboxylic acid groups (broad SMARTS) is 1. The number of hydrogen-bond acceptors (Lipinski definition) is 4. The third kappa shape index (κ3) is 6.85. The van der Waals surface area contributed by atoms with Gasteiger partial charge in [-0.05, 0) is 62.4 Å². The van der Waals surface area contributed by atoms with Crippen LogP contribution in [0.4, 0.5) is 0 Å². The normalized spacial score (nSPS) is 13.0. The highest BCUT2D eigenvalue weighted by Gasteiger charge is 2.19. The first kappa shape index (κ1) is 25.3. The Morgan fingerprint density at radius 2 is 1.79 bits per heavy atom. The fourth-order valence-corrected chi connectivity index (χ4v) is 3.87. The summed E-state index contributed by atoms with van der Waals surface area (Å²) in [6, 6.07) is 13.8. The Bertz CT molecular complexity index is 1150. The number of ether oxygens (including phenoxy) is 2. The molecule has 3 aromatic rings. The van der Waals surface area contributed by atoms with Crippen molar-refractivity contribution in [2.75, 3.05) is 0 Å². The van der Waals surface area contributed by atoms with Crippen molar-refractivity contribution in [2.45, 2.75) is 72.2 Å². The summed E-state index contributed by atoms with van der Waals surface area (Å²) in [6.07, 6.45) is 0.850. The van der Waals surface area contributed by atoms with Crippen molar-refractivity contribution in [1.29, 1.82) is 0 Å². The summed E-state index contributed by atoms with van der Waals surface area (Å²) in [5, 5.41) is 17.8. The summed E-state index contributed by atoms with van der Waals surface area (Å²) in [5.41, 5.74) is 3.80. The quantitative estimate of drug-likeness (QED) is 0.330. The highest BCUT2D eigenvalue weighted by Crippen LogP contribution is 2.31. The van der Waals surface area contributed by atoms with Gasteiger partial charge in [0.05, 0.1) is 36.3 Å². The van der Waals surface area contributed by atoms with E-state index in [4.69, 9.17) is 9.47 Å². The van der Waals surface area contributed by atoms with Crippen LogP contribution in [0.15, 0.2) is 42.5 Å². The van der Waals surface area contributed by atoms with Gasteiger partial charge in [-0.15, -0.1) is 5.92 Å². The minimum atomic E-state index is -0.863. The van der Waals surface area contributed by atoms with E-state index in [0.717, 1.165) is 39.9 Å². The van der Waals surface area contributed by atoms with Crippen LogP contribution in [0, 0.1) is 17.8 Å². The number of fused-ring (bicyclic) bond motifs is 1. The molecule has 0 radical (unpaired) electrons. The smallest absolute Gasteiger partial charge is 0.304 e.